The second-order valence-corrected chi connectivity index (χ2v) is 5.12. The molecule has 1 atom stereocenters. The number of hydrogen-bond acceptors (Lipinski definition) is 5. The number of carbonyl (C=O) groups is 1. The number of nitro groups is 1. The van der Waals surface area contributed by atoms with Crippen molar-refractivity contribution in [2.45, 2.75) is 45.8 Å². The number of benzene rings is 1. The largest absolute Gasteiger partial charge is 0.491 e. The lowest BCUT2D eigenvalue weighted by Crippen LogP contribution is -2.17. The maximum absolute atomic E-state index is 10.9. The third-order valence-electron chi connectivity index (χ3n) is 2.68. The Hall–Kier alpha value is -2.31. The van der Waals surface area contributed by atoms with Gasteiger partial charge in [0.1, 0.15) is 5.75 Å². The molecule has 7 nitrogen and oxygen atoms in total. The third kappa shape index (κ3) is 6.11. The number of ether oxygens (including phenoxy) is 1. The molecule has 0 spiro atoms. The van der Waals surface area contributed by atoms with Crippen molar-refractivity contribution < 1.29 is 19.6 Å². The fraction of sp³-hybridized carbons (Fsp3) is 0.500. The summed E-state index contributed by atoms with van der Waals surface area (Å²) in [5, 5.41) is 22.6. The first-order valence-corrected chi connectivity index (χ1v) is 6.72. The van der Waals surface area contributed by atoms with Gasteiger partial charge in [-0.05, 0) is 27.2 Å². The summed E-state index contributed by atoms with van der Waals surface area (Å²) in [6.07, 6.45) is 0.376. The number of hydrogen-bond donors (Lipinski definition) is 2. The summed E-state index contributed by atoms with van der Waals surface area (Å²) in [6.45, 7) is 5.49. The molecule has 0 saturated carbocycles. The minimum Gasteiger partial charge on any atom is -0.491 e. The van der Waals surface area contributed by atoms with E-state index in [2.05, 4.69) is 5.32 Å². The first kappa shape index (κ1) is 16.7. The fourth-order valence-corrected chi connectivity index (χ4v) is 1.81. The van der Waals surface area contributed by atoms with Gasteiger partial charge < -0.3 is 15.2 Å². The molecule has 7 heteroatoms. The highest BCUT2D eigenvalue weighted by molar-refractivity contribution is 5.66. The van der Waals surface area contributed by atoms with Gasteiger partial charge in [-0.15, -0.1) is 0 Å². The second-order valence-electron chi connectivity index (χ2n) is 5.12. The number of nitrogens with one attached hydrogen (secondary N) is 1. The van der Waals surface area contributed by atoms with Crippen LogP contribution in [0.3, 0.4) is 0 Å². The predicted molar refractivity (Wildman–Crippen MR) is 78.8 cm³/mol. The summed E-state index contributed by atoms with van der Waals surface area (Å²) in [5.41, 5.74) is 0.471. The van der Waals surface area contributed by atoms with Gasteiger partial charge in [0.2, 0.25) is 0 Å². The Morgan fingerprint density at radius 3 is 2.57 bits per heavy atom. The minimum atomic E-state index is -0.869. The first-order chi connectivity index (χ1) is 9.77. The molecule has 0 amide bonds. The summed E-state index contributed by atoms with van der Waals surface area (Å²) in [6, 6.07) is 4.33. The smallest absolute Gasteiger partial charge is 0.303 e. The van der Waals surface area contributed by atoms with Gasteiger partial charge in [-0.25, -0.2) is 0 Å². The van der Waals surface area contributed by atoms with E-state index in [9.17, 15) is 14.9 Å². The lowest BCUT2D eigenvalue weighted by atomic mass is 10.1. The molecule has 0 heterocycles. The van der Waals surface area contributed by atoms with Crippen LogP contribution in [0.25, 0.3) is 0 Å². The van der Waals surface area contributed by atoms with Gasteiger partial charge >= 0.3 is 5.97 Å². The number of rotatable bonds is 8. The number of non-ortho nitro benzene ring substituents is 1. The quantitative estimate of drug-likeness (QED) is 0.564. The Kier molecular flexibility index (Phi) is 5.95. The molecule has 0 aliphatic rings. The van der Waals surface area contributed by atoms with Crippen LogP contribution in [-0.4, -0.2) is 28.1 Å². The van der Waals surface area contributed by atoms with E-state index in [0.717, 1.165) is 0 Å². The lowest BCUT2D eigenvalue weighted by Gasteiger charge is -2.16. The second kappa shape index (κ2) is 7.47. The maximum Gasteiger partial charge on any atom is 0.303 e. The number of nitrogens with zero attached hydrogens (tertiary/aromatic N) is 1. The number of carboxylic acid groups (broad SMARTS) is 1. The van der Waals surface area contributed by atoms with Crippen LogP contribution in [0.1, 0.15) is 33.6 Å². The Labute approximate surface area is 123 Å². The number of nitro benzene ring substituents is 1. The Morgan fingerprint density at radius 1 is 1.38 bits per heavy atom. The van der Waals surface area contributed by atoms with Gasteiger partial charge in [0, 0.05) is 30.3 Å². The van der Waals surface area contributed by atoms with Crippen LogP contribution >= 0.6 is 0 Å². The molecule has 0 radical (unpaired) electrons. The highest BCUT2D eigenvalue weighted by Crippen LogP contribution is 2.27. The van der Waals surface area contributed by atoms with E-state index >= 15 is 0 Å². The normalized spacial score (nSPS) is 12.0. The predicted octanol–water partition coefficient (Wildman–Crippen LogP) is 3.05. The van der Waals surface area contributed by atoms with E-state index in [-0.39, 0.29) is 24.3 Å². The van der Waals surface area contributed by atoms with E-state index in [0.29, 0.717) is 17.9 Å². The van der Waals surface area contributed by atoms with Gasteiger partial charge in [0.25, 0.3) is 5.69 Å². The molecule has 0 saturated heterocycles. The molecule has 2 N–H and O–H groups in total. The van der Waals surface area contributed by atoms with Crippen molar-refractivity contribution in [3.05, 3.63) is 28.3 Å². The first-order valence-electron chi connectivity index (χ1n) is 6.72. The molecular weight excluding hydrogens is 276 g/mol. The van der Waals surface area contributed by atoms with Crippen molar-refractivity contribution in [2.24, 2.45) is 0 Å². The van der Waals surface area contributed by atoms with Crippen LogP contribution in [0, 0.1) is 10.1 Å². The standard InChI is InChI=1S/C14H20N2O5/c1-9(2)21-13-7-11(6-12(8-13)16(19)20)15-10(3)4-5-14(17)18/h6-10,15H,4-5H2,1-3H3,(H,17,18). The van der Waals surface area contributed by atoms with E-state index in [1.165, 1.54) is 12.1 Å². The van der Waals surface area contributed by atoms with Gasteiger partial charge in [-0.3, -0.25) is 14.9 Å². The monoisotopic (exact) mass is 296 g/mol. The molecule has 1 aromatic rings. The lowest BCUT2D eigenvalue weighted by molar-refractivity contribution is -0.384. The average molecular weight is 296 g/mol. The molecule has 0 aliphatic heterocycles. The van der Waals surface area contributed by atoms with Crippen LogP contribution in [0.5, 0.6) is 5.75 Å². The topological polar surface area (TPSA) is 102 Å². The molecule has 116 valence electrons. The number of anilines is 1. The van der Waals surface area contributed by atoms with E-state index in [1.54, 1.807) is 6.07 Å². The molecule has 1 unspecified atom stereocenters. The molecule has 21 heavy (non-hydrogen) atoms. The van der Waals surface area contributed by atoms with Crippen LogP contribution in [-0.2, 0) is 4.79 Å². The van der Waals surface area contributed by atoms with Crippen molar-refractivity contribution >= 4 is 17.3 Å². The molecule has 0 aliphatic carbocycles. The maximum atomic E-state index is 10.9. The van der Waals surface area contributed by atoms with Crippen molar-refractivity contribution in [1.82, 2.24) is 0 Å². The van der Waals surface area contributed by atoms with Crippen molar-refractivity contribution in [3.8, 4) is 5.75 Å². The molecular formula is C14H20N2O5. The Bertz CT molecular complexity index is 516. The third-order valence-corrected chi connectivity index (χ3v) is 2.68. The van der Waals surface area contributed by atoms with E-state index in [4.69, 9.17) is 9.84 Å². The number of carboxylic acids is 1. The van der Waals surface area contributed by atoms with Crippen LogP contribution in [0.15, 0.2) is 18.2 Å². The highest BCUT2D eigenvalue weighted by Gasteiger charge is 2.13. The zero-order valence-electron chi connectivity index (χ0n) is 12.3. The zero-order valence-corrected chi connectivity index (χ0v) is 12.3. The van der Waals surface area contributed by atoms with Crippen LogP contribution < -0.4 is 10.1 Å². The van der Waals surface area contributed by atoms with Gasteiger partial charge in [0.15, 0.2) is 0 Å². The van der Waals surface area contributed by atoms with Gasteiger partial charge in [0.05, 0.1) is 17.1 Å². The minimum absolute atomic E-state index is 0.0401. The molecule has 0 fully saturated rings. The van der Waals surface area contributed by atoms with E-state index < -0.39 is 10.9 Å². The highest BCUT2D eigenvalue weighted by atomic mass is 16.6. The summed E-state index contributed by atoms with van der Waals surface area (Å²) in [7, 11) is 0. The van der Waals surface area contributed by atoms with Crippen molar-refractivity contribution in [2.75, 3.05) is 5.32 Å². The van der Waals surface area contributed by atoms with E-state index in [1.807, 2.05) is 20.8 Å². The molecule has 0 aromatic heterocycles. The number of aliphatic carboxylic acids is 1. The summed E-state index contributed by atoms with van der Waals surface area (Å²) in [5.74, 6) is -0.460. The molecule has 1 rings (SSSR count). The SMILES string of the molecule is CC(CCC(=O)O)Nc1cc(OC(C)C)cc([N+](=O)[O-])c1. The average Bonchev–Trinajstić information content (AvgIpc) is 2.35. The summed E-state index contributed by atoms with van der Waals surface area (Å²) in [4.78, 5) is 21.0. The fourth-order valence-electron chi connectivity index (χ4n) is 1.81. The zero-order chi connectivity index (χ0) is 16.0. The summed E-state index contributed by atoms with van der Waals surface area (Å²) >= 11 is 0. The summed E-state index contributed by atoms with van der Waals surface area (Å²) < 4.78 is 5.49. The molecule has 0 bridgehead atoms. The van der Waals surface area contributed by atoms with Crippen molar-refractivity contribution in [1.29, 1.82) is 0 Å². The van der Waals surface area contributed by atoms with Crippen LogP contribution in [0.2, 0.25) is 0 Å². The van der Waals surface area contributed by atoms with Gasteiger partial charge in [-0.2, -0.15) is 0 Å². The Balaban J connectivity index is 2.86. The van der Waals surface area contributed by atoms with Gasteiger partial charge in [-0.1, -0.05) is 0 Å². The Morgan fingerprint density at radius 2 is 2.05 bits per heavy atom. The van der Waals surface area contributed by atoms with Crippen molar-refractivity contribution in [3.63, 3.8) is 0 Å². The van der Waals surface area contributed by atoms with Crippen LogP contribution in [0.4, 0.5) is 11.4 Å². The molecule has 1 aromatic carbocycles.